The third-order valence-corrected chi connectivity index (χ3v) is 9.65. The van der Waals surface area contributed by atoms with E-state index in [9.17, 15) is 0 Å². The summed E-state index contributed by atoms with van der Waals surface area (Å²) in [5.74, 6) is 3.80. The first-order valence-electron chi connectivity index (χ1n) is 14.4. The van der Waals surface area contributed by atoms with E-state index in [1.165, 1.54) is 49.7 Å². The third-order valence-electron chi connectivity index (χ3n) is 9.34. The van der Waals surface area contributed by atoms with Gasteiger partial charge in [-0.15, -0.1) is 11.6 Å². The van der Waals surface area contributed by atoms with Crippen LogP contribution < -0.4 is 4.74 Å². The highest BCUT2D eigenvalue weighted by Crippen LogP contribution is 2.61. The molecule has 37 heavy (non-hydrogen) atoms. The average molecular weight is 525 g/mol. The number of rotatable bonds is 9. The van der Waals surface area contributed by atoms with Gasteiger partial charge >= 0.3 is 0 Å². The van der Waals surface area contributed by atoms with E-state index in [1.807, 2.05) is 0 Å². The number of hydrogen-bond donors (Lipinski definition) is 0. The van der Waals surface area contributed by atoms with E-state index in [1.54, 1.807) is 5.56 Å². The Hall–Kier alpha value is -1.55. The van der Waals surface area contributed by atoms with E-state index in [-0.39, 0.29) is 5.60 Å². The van der Waals surface area contributed by atoms with Crippen LogP contribution in [0.5, 0.6) is 5.75 Å². The van der Waals surface area contributed by atoms with Crippen molar-refractivity contribution in [3.8, 4) is 5.75 Å². The van der Waals surface area contributed by atoms with Crippen LogP contribution in [-0.4, -0.2) is 24.9 Å². The predicted molar refractivity (Wildman–Crippen MR) is 151 cm³/mol. The molecule has 3 aliphatic rings. The Balaban J connectivity index is 1.18. The van der Waals surface area contributed by atoms with Crippen molar-refractivity contribution >= 4 is 11.6 Å². The molecule has 3 aliphatic carbocycles. The molecule has 2 fully saturated rings. The largest absolute Gasteiger partial charge is 0.489 e. The van der Waals surface area contributed by atoms with Crippen molar-refractivity contribution in [3.63, 3.8) is 0 Å². The number of benzene rings is 2. The number of halogens is 1. The van der Waals surface area contributed by atoms with Crippen molar-refractivity contribution < 1.29 is 14.2 Å². The summed E-state index contributed by atoms with van der Waals surface area (Å²) in [6.07, 6.45) is 8.95. The molecule has 0 saturated heterocycles. The molecule has 0 radical (unpaired) electrons. The zero-order chi connectivity index (χ0) is 26.0. The van der Waals surface area contributed by atoms with Gasteiger partial charge in [0.15, 0.2) is 0 Å². The van der Waals surface area contributed by atoms with Crippen LogP contribution in [-0.2, 0) is 28.4 Å². The summed E-state index contributed by atoms with van der Waals surface area (Å²) in [6.45, 7) is 11.1. The smallest absolute Gasteiger partial charge is 0.120 e. The first-order chi connectivity index (χ1) is 17.8. The number of hydrogen-bond acceptors (Lipinski definition) is 3. The Morgan fingerprint density at radius 1 is 0.946 bits per heavy atom. The second-order valence-corrected chi connectivity index (χ2v) is 13.1. The standard InChI is InChI=1S/C33H45ClO3/c1-32(2,3)37-19-5-18-35-31-15-14-30-29-12-10-25-20-26(36-22-24-8-6-23(21-34)7-9-24)11-13-27(25)28(29)16-17-33(30,31)4/h6-9,11,13,20,28-31H,5,10,12,14-19,21-22H2,1-4H3/t28?,29?,30?,31-,33-/m0/s1. The Morgan fingerprint density at radius 2 is 1.73 bits per heavy atom. The highest BCUT2D eigenvalue weighted by Gasteiger charge is 2.55. The topological polar surface area (TPSA) is 27.7 Å². The van der Waals surface area contributed by atoms with Crippen molar-refractivity contribution in [1.29, 1.82) is 0 Å². The van der Waals surface area contributed by atoms with Crippen molar-refractivity contribution in [2.24, 2.45) is 17.3 Å². The fourth-order valence-corrected chi connectivity index (χ4v) is 7.61. The highest BCUT2D eigenvalue weighted by molar-refractivity contribution is 6.17. The van der Waals surface area contributed by atoms with E-state index in [0.717, 1.165) is 42.8 Å². The van der Waals surface area contributed by atoms with Crippen molar-refractivity contribution in [3.05, 3.63) is 64.7 Å². The summed E-state index contributed by atoms with van der Waals surface area (Å²) in [7, 11) is 0. The van der Waals surface area contributed by atoms with Crippen LogP contribution >= 0.6 is 11.6 Å². The normalized spacial score (nSPS) is 28.9. The molecule has 0 N–H and O–H groups in total. The zero-order valence-electron chi connectivity index (χ0n) is 23.2. The lowest BCUT2D eigenvalue weighted by molar-refractivity contribution is -0.0737. The van der Waals surface area contributed by atoms with Gasteiger partial charge in [0.1, 0.15) is 12.4 Å². The molecule has 3 nitrogen and oxygen atoms in total. The van der Waals surface area contributed by atoms with E-state index in [4.69, 9.17) is 25.8 Å². The van der Waals surface area contributed by atoms with Crippen LogP contribution in [0, 0.1) is 17.3 Å². The Morgan fingerprint density at radius 3 is 2.49 bits per heavy atom. The van der Waals surface area contributed by atoms with Gasteiger partial charge in [0.25, 0.3) is 0 Å². The maximum atomic E-state index is 6.53. The predicted octanol–water partition coefficient (Wildman–Crippen LogP) is 8.45. The van der Waals surface area contributed by atoms with Crippen molar-refractivity contribution in [2.75, 3.05) is 13.2 Å². The molecule has 2 saturated carbocycles. The minimum absolute atomic E-state index is 0.0658. The highest BCUT2D eigenvalue weighted by atomic mass is 35.5. The van der Waals surface area contributed by atoms with Crippen molar-refractivity contribution in [1.82, 2.24) is 0 Å². The van der Waals surface area contributed by atoms with Gasteiger partial charge in [-0.05, 0) is 123 Å². The lowest BCUT2D eigenvalue weighted by Crippen LogP contribution is -2.44. The summed E-state index contributed by atoms with van der Waals surface area (Å²) >= 11 is 5.91. The summed E-state index contributed by atoms with van der Waals surface area (Å²) < 4.78 is 18.6. The Kier molecular flexibility index (Phi) is 8.24. The molecular formula is C33H45ClO3. The first kappa shape index (κ1) is 27.0. The Bertz CT molecular complexity index is 1040. The summed E-state index contributed by atoms with van der Waals surface area (Å²) in [4.78, 5) is 0. The molecule has 4 heteroatoms. The average Bonchev–Trinajstić information content (AvgIpc) is 3.22. The van der Waals surface area contributed by atoms with Crippen LogP contribution in [0.15, 0.2) is 42.5 Å². The molecule has 2 aromatic carbocycles. The monoisotopic (exact) mass is 524 g/mol. The Labute approximate surface area is 229 Å². The van der Waals surface area contributed by atoms with Crippen LogP contribution in [0.25, 0.3) is 0 Å². The van der Waals surface area contributed by atoms with Crippen molar-refractivity contribution in [2.45, 2.75) is 103 Å². The fraction of sp³-hybridized carbons (Fsp3) is 0.636. The van der Waals surface area contributed by atoms with E-state index < -0.39 is 0 Å². The van der Waals surface area contributed by atoms with Gasteiger partial charge in [-0.25, -0.2) is 0 Å². The quantitative estimate of drug-likeness (QED) is 0.243. The maximum Gasteiger partial charge on any atom is 0.120 e. The summed E-state index contributed by atoms with van der Waals surface area (Å²) in [5.41, 5.74) is 5.67. The molecule has 0 spiro atoms. The molecule has 0 aromatic heterocycles. The molecule has 5 atom stereocenters. The molecule has 0 bridgehead atoms. The van der Waals surface area contributed by atoms with Gasteiger partial charge in [0.05, 0.1) is 11.7 Å². The molecule has 3 unspecified atom stereocenters. The summed E-state index contributed by atoms with van der Waals surface area (Å²) in [6, 6.07) is 15.3. The second kappa shape index (κ2) is 11.3. The molecule has 5 rings (SSSR count). The zero-order valence-corrected chi connectivity index (χ0v) is 24.0. The van der Waals surface area contributed by atoms with Gasteiger partial charge in [-0.1, -0.05) is 37.3 Å². The van der Waals surface area contributed by atoms with E-state index in [2.05, 4.69) is 70.2 Å². The van der Waals surface area contributed by atoms with Crippen LogP contribution in [0.4, 0.5) is 0 Å². The molecule has 202 valence electrons. The van der Waals surface area contributed by atoms with E-state index in [0.29, 0.717) is 29.9 Å². The van der Waals surface area contributed by atoms with Crippen LogP contribution in [0.3, 0.4) is 0 Å². The third kappa shape index (κ3) is 6.05. The first-order valence-corrected chi connectivity index (χ1v) is 15.0. The van der Waals surface area contributed by atoms with Gasteiger partial charge in [0.2, 0.25) is 0 Å². The minimum Gasteiger partial charge on any atom is -0.489 e. The number of aryl methyl sites for hydroxylation is 1. The maximum absolute atomic E-state index is 6.53. The lowest BCUT2D eigenvalue weighted by atomic mass is 9.55. The molecule has 0 heterocycles. The lowest BCUT2D eigenvalue weighted by Gasteiger charge is -2.50. The fourth-order valence-electron chi connectivity index (χ4n) is 7.43. The molecule has 2 aromatic rings. The SMILES string of the molecule is CC(C)(C)OCCCO[C@H]1CCC2C3CCc4cc(OCc5ccc(CCl)cc5)ccc4C3CC[C@@]21C. The molecule has 0 aliphatic heterocycles. The van der Waals surface area contributed by atoms with Gasteiger partial charge in [-0.3, -0.25) is 0 Å². The van der Waals surface area contributed by atoms with Gasteiger partial charge < -0.3 is 14.2 Å². The van der Waals surface area contributed by atoms with E-state index >= 15 is 0 Å². The number of alkyl halides is 1. The number of fused-ring (bicyclic) bond motifs is 5. The van der Waals surface area contributed by atoms with Gasteiger partial charge in [0, 0.05) is 19.1 Å². The van der Waals surface area contributed by atoms with Crippen LogP contribution in [0.2, 0.25) is 0 Å². The summed E-state index contributed by atoms with van der Waals surface area (Å²) in [5, 5.41) is 0. The van der Waals surface area contributed by atoms with Gasteiger partial charge in [-0.2, -0.15) is 0 Å². The minimum atomic E-state index is -0.0658. The molecular weight excluding hydrogens is 480 g/mol. The van der Waals surface area contributed by atoms with Crippen LogP contribution in [0.1, 0.15) is 94.4 Å². The molecule has 0 amide bonds. The number of ether oxygens (including phenoxy) is 3. The second-order valence-electron chi connectivity index (χ2n) is 12.8.